The summed E-state index contributed by atoms with van der Waals surface area (Å²) in [5.74, 6) is 1.65. The van der Waals surface area contributed by atoms with Gasteiger partial charge in [-0.05, 0) is 42.7 Å². The van der Waals surface area contributed by atoms with Gasteiger partial charge in [0.25, 0.3) is 5.91 Å². The second-order valence-electron chi connectivity index (χ2n) is 6.60. The maximum atomic E-state index is 11.7. The predicted molar refractivity (Wildman–Crippen MR) is 130 cm³/mol. The summed E-state index contributed by atoms with van der Waals surface area (Å²) < 4.78 is 2.01. The Hall–Kier alpha value is -2.69. The Morgan fingerprint density at radius 1 is 1.07 bits per heavy atom. The van der Waals surface area contributed by atoms with Gasteiger partial charge in [0.15, 0.2) is 11.6 Å². The summed E-state index contributed by atoms with van der Waals surface area (Å²) in [6, 6.07) is 13.5. The molecule has 0 saturated heterocycles. The number of aromatic nitrogens is 3. The predicted octanol–water partition coefficient (Wildman–Crippen LogP) is 2.05. The number of nitrogens with zero attached hydrogens (tertiary/aromatic N) is 4. The second kappa shape index (κ2) is 12.1. The van der Waals surface area contributed by atoms with E-state index in [0.29, 0.717) is 5.56 Å². The minimum absolute atomic E-state index is 0. The third kappa shape index (κ3) is 6.41. The number of pyridine rings is 1. The van der Waals surface area contributed by atoms with Crippen LogP contribution in [0.1, 0.15) is 28.2 Å². The zero-order valence-electron chi connectivity index (χ0n) is 17.3. The van der Waals surface area contributed by atoms with Crippen LogP contribution < -0.4 is 16.0 Å². The highest BCUT2D eigenvalue weighted by atomic mass is 127. The number of halogens is 1. The van der Waals surface area contributed by atoms with E-state index >= 15 is 0 Å². The highest BCUT2D eigenvalue weighted by Gasteiger charge is 2.06. The lowest BCUT2D eigenvalue weighted by Crippen LogP contribution is -2.38. The molecule has 0 radical (unpaired) electrons. The summed E-state index contributed by atoms with van der Waals surface area (Å²) >= 11 is 0. The Morgan fingerprint density at radius 3 is 2.70 bits per heavy atom. The van der Waals surface area contributed by atoms with E-state index in [4.69, 9.17) is 0 Å². The molecule has 0 spiro atoms. The molecule has 0 bridgehead atoms. The molecule has 0 aliphatic carbocycles. The number of fused-ring (bicyclic) bond motifs is 1. The van der Waals surface area contributed by atoms with Crippen LogP contribution in [-0.2, 0) is 12.8 Å². The minimum Gasteiger partial charge on any atom is -0.356 e. The van der Waals surface area contributed by atoms with Crippen LogP contribution in [0, 0.1) is 0 Å². The van der Waals surface area contributed by atoms with Crippen LogP contribution >= 0.6 is 24.0 Å². The van der Waals surface area contributed by atoms with Crippen molar-refractivity contribution in [1.82, 2.24) is 30.5 Å². The lowest BCUT2D eigenvalue weighted by atomic mass is 10.1. The summed E-state index contributed by atoms with van der Waals surface area (Å²) in [5.41, 5.74) is 2.65. The average molecular weight is 521 g/mol. The number of benzene rings is 1. The molecule has 1 aromatic carbocycles. The van der Waals surface area contributed by atoms with Gasteiger partial charge < -0.3 is 16.0 Å². The fourth-order valence-corrected chi connectivity index (χ4v) is 3.07. The largest absolute Gasteiger partial charge is 0.356 e. The van der Waals surface area contributed by atoms with Crippen molar-refractivity contribution in [3.05, 3.63) is 65.6 Å². The van der Waals surface area contributed by atoms with Crippen molar-refractivity contribution in [2.24, 2.45) is 4.99 Å². The van der Waals surface area contributed by atoms with E-state index in [2.05, 4.69) is 31.1 Å². The molecule has 1 amide bonds. The van der Waals surface area contributed by atoms with Crippen molar-refractivity contribution >= 4 is 41.5 Å². The minimum atomic E-state index is -0.0715. The first-order chi connectivity index (χ1) is 14.2. The molecule has 3 rings (SSSR count). The molecule has 2 aromatic heterocycles. The monoisotopic (exact) mass is 521 g/mol. The van der Waals surface area contributed by atoms with Gasteiger partial charge >= 0.3 is 0 Å². The van der Waals surface area contributed by atoms with Crippen LogP contribution in [0.25, 0.3) is 5.65 Å². The van der Waals surface area contributed by atoms with Crippen molar-refractivity contribution in [3.63, 3.8) is 0 Å². The summed E-state index contributed by atoms with van der Waals surface area (Å²) in [6.45, 7) is 1.51. The molecule has 3 N–H and O–H groups in total. The SMILES string of the molecule is CN=C(NCCCc1nnc2ccccn12)NCCc1cccc(C(=O)NC)c1.I. The molecule has 3 aromatic rings. The second-order valence-corrected chi connectivity index (χ2v) is 6.60. The smallest absolute Gasteiger partial charge is 0.251 e. The summed E-state index contributed by atoms with van der Waals surface area (Å²) in [6.07, 6.45) is 4.54. The third-order valence-electron chi connectivity index (χ3n) is 4.60. The van der Waals surface area contributed by atoms with Gasteiger partial charge in [-0.2, -0.15) is 0 Å². The van der Waals surface area contributed by atoms with E-state index in [0.717, 1.165) is 55.3 Å². The third-order valence-corrected chi connectivity index (χ3v) is 4.60. The Balaban J connectivity index is 0.00000320. The Labute approximate surface area is 193 Å². The lowest BCUT2D eigenvalue weighted by molar-refractivity contribution is 0.0963. The van der Waals surface area contributed by atoms with Crippen molar-refractivity contribution in [2.75, 3.05) is 27.2 Å². The van der Waals surface area contributed by atoms with Crippen molar-refractivity contribution in [3.8, 4) is 0 Å². The molecule has 0 unspecified atom stereocenters. The number of aliphatic imine (C=N–C) groups is 1. The Kier molecular flexibility index (Phi) is 9.52. The number of hydrogen-bond acceptors (Lipinski definition) is 4. The molecule has 0 fully saturated rings. The fraction of sp³-hybridized carbons (Fsp3) is 0.333. The van der Waals surface area contributed by atoms with Crippen molar-refractivity contribution < 1.29 is 4.79 Å². The number of carbonyl (C=O) groups excluding carboxylic acids is 1. The average Bonchev–Trinajstić information content (AvgIpc) is 3.18. The standard InChI is InChI=1S/C21H27N7O.HI/c1-22-20(29)17-8-5-7-16(15-17)11-13-25-21(23-2)24-12-6-10-19-27-26-18-9-3-4-14-28(18)19;/h3-5,7-9,14-15H,6,10-13H2,1-2H3,(H,22,29)(H2,23,24,25);1H. The van der Waals surface area contributed by atoms with E-state index < -0.39 is 0 Å². The topological polar surface area (TPSA) is 95.7 Å². The molecule has 160 valence electrons. The fourth-order valence-electron chi connectivity index (χ4n) is 3.07. The van der Waals surface area contributed by atoms with Crippen LogP contribution in [0.3, 0.4) is 0 Å². The van der Waals surface area contributed by atoms with Crippen molar-refractivity contribution in [2.45, 2.75) is 19.3 Å². The first-order valence-corrected chi connectivity index (χ1v) is 9.75. The van der Waals surface area contributed by atoms with Crippen LogP contribution in [0.15, 0.2) is 53.7 Å². The highest BCUT2D eigenvalue weighted by Crippen LogP contribution is 2.06. The molecule has 0 aliphatic heterocycles. The number of aryl methyl sites for hydroxylation is 1. The van der Waals surface area contributed by atoms with Gasteiger partial charge in [-0.3, -0.25) is 14.2 Å². The molecule has 0 atom stereocenters. The molecule has 0 aliphatic rings. The summed E-state index contributed by atoms with van der Waals surface area (Å²) in [5, 5.41) is 17.7. The zero-order chi connectivity index (χ0) is 20.5. The molecular formula is C21H28IN7O. The van der Waals surface area contributed by atoms with E-state index in [1.807, 2.05) is 53.1 Å². The van der Waals surface area contributed by atoms with Crippen molar-refractivity contribution in [1.29, 1.82) is 0 Å². The van der Waals surface area contributed by atoms with Gasteiger partial charge in [-0.15, -0.1) is 34.2 Å². The van der Waals surface area contributed by atoms with Gasteiger partial charge in [-0.25, -0.2) is 0 Å². The highest BCUT2D eigenvalue weighted by molar-refractivity contribution is 14.0. The first kappa shape index (κ1) is 23.6. The Bertz CT molecular complexity index is 986. The van der Waals surface area contributed by atoms with E-state index in [-0.39, 0.29) is 29.9 Å². The Morgan fingerprint density at radius 2 is 1.90 bits per heavy atom. The van der Waals surface area contributed by atoms with Crippen LogP contribution in [-0.4, -0.2) is 53.6 Å². The van der Waals surface area contributed by atoms with Gasteiger partial charge in [0.1, 0.15) is 5.82 Å². The number of hydrogen-bond donors (Lipinski definition) is 3. The van der Waals surface area contributed by atoms with Crippen LogP contribution in [0.5, 0.6) is 0 Å². The van der Waals surface area contributed by atoms with Gasteiger partial charge in [0, 0.05) is 45.4 Å². The number of rotatable bonds is 8. The number of carbonyl (C=O) groups is 1. The number of nitrogens with one attached hydrogen (secondary N) is 3. The molecule has 9 heteroatoms. The summed E-state index contributed by atoms with van der Waals surface area (Å²) in [7, 11) is 3.39. The first-order valence-electron chi connectivity index (χ1n) is 9.75. The maximum Gasteiger partial charge on any atom is 0.251 e. The summed E-state index contributed by atoms with van der Waals surface area (Å²) in [4.78, 5) is 16.0. The quantitative estimate of drug-likeness (QED) is 0.183. The van der Waals surface area contributed by atoms with Gasteiger partial charge in [0.05, 0.1) is 0 Å². The molecule has 8 nitrogen and oxygen atoms in total. The number of guanidine groups is 1. The molecule has 2 heterocycles. The molecular weight excluding hydrogens is 493 g/mol. The molecule has 30 heavy (non-hydrogen) atoms. The van der Waals surface area contributed by atoms with E-state index in [1.54, 1.807) is 14.1 Å². The van der Waals surface area contributed by atoms with E-state index in [1.165, 1.54) is 0 Å². The van der Waals surface area contributed by atoms with E-state index in [9.17, 15) is 4.79 Å². The van der Waals surface area contributed by atoms with Crippen LogP contribution in [0.2, 0.25) is 0 Å². The van der Waals surface area contributed by atoms with Gasteiger partial charge in [-0.1, -0.05) is 18.2 Å². The molecule has 0 saturated carbocycles. The zero-order valence-corrected chi connectivity index (χ0v) is 19.6. The van der Waals surface area contributed by atoms with Gasteiger partial charge in [0.2, 0.25) is 0 Å². The normalized spacial score (nSPS) is 11.1. The maximum absolute atomic E-state index is 11.7. The van der Waals surface area contributed by atoms with Crippen LogP contribution in [0.4, 0.5) is 0 Å². The number of amides is 1. The lowest BCUT2D eigenvalue weighted by Gasteiger charge is -2.12.